The number of aromatic nitrogens is 2. The molecule has 1 fully saturated rings. The second-order valence-electron chi connectivity index (χ2n) is 4.25. The molecule has 0 saturated heterocycles. The van der Waals surface area contributed by atoms with Crippen molar-refractivity contribution in [1.29, 1.82) is 0 Å². The number of H-pyrrole nitrogens is 1. The fourth-order valence-corrected chi connectivity index (χ4v) is 2.08. The lowest BCUT2D eigenvalue weighted by molar-refractivity contribution is 0.151. The third kappa shape index (κ3) is 1.52. The Hall–Kier alpha value is -1.06. The van der Waals surface area contributed by atoms with Crippen molar-refractivity contribution in [1.82, 2.24) is 10.2 Å². The summed E-state index contributed by atoms with van der Waals surface area (Å²) in [6.45, 7) is 0. The average Bonchev–Trinajstić information content (AvgIpc) is 2.81. The molecule has 4 heteroatoms. The zero-order valence-corrected chi connectivity index (χ0v) is 8.88. The number of fused-ring (bicyclic) bond motifs is 1. The smallest absolute Gasteiger partial charge is 0.132 e. The molecule has 0 spiro atoms. The molecule has 3 nitrogen and oxygen atoms in total. The van der Waals surface area contributed by atoms with Crippen LogP contribution in [0.2, 0.25) is 5.15 Å². The highest BCUT2D eigenvalue weighted by atomic mass is 35.5. The van der Waals surface area contributed by atoms with Crippen molar-refractivity contribution in [3.05, 3.63) is 28.9 Å². The lowest BCUT2D eigenvalue weighted by Crippen LogP contribution is -2.10. The summed E-state index contributed by atoms with van der Waals surface area (Å²) < 4.78 is 0. The molecule has 15 heavy (non-hydrogen) atoms. The van der Waals surface area contributed by atoms with Gasteiger partial charge in [0.2, 0.25) is 0 Å². The fraction of sp³-hybridized carbons (Fsp3) is 0.364. The first-order valence-electron chi connectivity index (χ1n) is 5.02. The molecule has 0 amide bonds. The van der Waals surface area contributed by atoms with Gasteiger partial charge in [0.1, 0.15) is 5.15 Å². The van der Waals surface area contributed by atoms with Gasteiger partial charge >= 0.3 is 0 Å². The van der Waals surface area contributed by atoms with Crippen LogP contribution in [0, 0.1) is 0 Å². The van der Waals surface area contributed by atoms with Crippen molar-refractivity contribution in [2.24, 2.45) is 0 Å². The predicted octanol–water partition coefficient (Wildman–Crippen LogP) is 2.28. The summed E-state index contributed by atoms with van der Waals surface area (Å²) in [6, 6.07) is 5.88. The summed E-state index contributed by atoms with van der Waals surface area (Å²) in [5, 5.41) is 18.3. The van der Waals surface area contributed by atoms with Gasteiger partial charge in [-0.3, -0.25) is 5.10 Å². The number of aromatic amines is 1. The van der Waals surface area contributed by atoms with Crippen LogP contribution in [0.3, 0.4) is 0 Å². The Labute approximate surface area is 92.1 Å². The third-order valence-corrected chi connectivity index (χ3v) is 3.26. The summed E-state index contributed by atoms with van der Waals surface area (Å²) in [6.07, 6.45) is 2.45. The molecular formula is C11H11ClN2O. The van der Waals surface area contributed by atoms with Crippen LogP contribution in [0.25, 0.3) is 10.9 Å². The van der Waals surface area contributed by atoms with Crippen molar-refractivity contribution in [2.75, 3.05) is 0 Å². The van der Waals surface area contributed by atoms with E-state index in [-0.39, 0.29) is 0 Å². The predicted molar refractivity (Wildman–Crippen MR) is 59.0 cm³/mol. The summed E-state index contributed by atoms with van der Waals surface area (Å²) in [5.41, 5.74) is 1.46. The Balaban J connectivity index is 2.09. The molecular weight excluding hydrogens is 212 g/mol. The van der Waals surface area contributed by atoms with Crippen molar-refractivity contribution in [2.45, 2.75) is 24.9 Å². The topological polar surface area (TPSA) is 48.9 Å². The van der Waals surface area contributed by atoms with Crippen LogP contribution in [-0.4, -0.2) is 20.9 Å². The van der Waals surface area contributed by atoms with Gasteiger partial charge in [-0.05, 0) is 24.5 Å². The fourth-order valence-electron chi connectivity index (χ4n) is 1.88. The maximum Gasteiger partial charge on any atom is 0.132 e. The van der Waals surface area contributed by atoms with Gasteiger partial charge in [0.15, 0.2) is 0 Å². The molecule has 1 aliphatic rings. The number of nitrogens with one attached hydrogen (secondary N) is 1. The van der Waals surface area contributed by atoms with E-state index in [2.05, 4.69) is 10.2 Å². The maximum absolute atomic E-state index is 9.88. The van der Waals surface area contributed by atoms with Crippen molar-refractivity contribution >= 4 is 22.5 Å². The number of aliphatic hydroxyl groups is 1. The molecule has 0 radical (unpaired) electrons. The second-order valence-corrected chi connectivity index (χ2v) is 4.63. The zero-order chi connectivity index (χ0) is 10.5. The lowest BCUT2D eigenvalue weighted by Gasteiger charge is -2.07. The van der Waals surface area contributed by atoms with E-state index < -0.39 is 5.60 Å². The molecule has 2 N–H and O–H groups in total. The zero-order valence-electron chi connectivity index (χ0n) is 8.13. The number of hydrogen-bond acceptors (Lipinski definition) is 2. The first kappa shape index (κ1) is 9.19. The maximum atomic E-state index is 9.88. The average molecular weight is 223 g/mol. The lowest BCUT2D eigenvalue weighted by atomic mass is 10.0. The van der Waals surface area contributed by atoms with E-state index in [1.165, 1.54) is 0 Å². The van der Waals surface area contributed by atoms with E-state index in [9.17, 15) is 5.11 Å². The highest BCUT2D eigenvalue weighted by Gasteiger charge is 2.40. The Morgan fingerprint density at radius 1 is 1.47 bits per heavy atom. The standard InChI is InChI=1S/C11H11ClN2O/c12-10-8-3-1-2-7(9(8)13-14-10)6-11(15)4-5-11/h1-3,15H,4-6H2,(H,13,14). The Bertz CT molecular complexity index is 516. The van der Waals surface area contributed by atoms with E-state index in [0.29, 0.717) is 11.6 Å². The normalized spacial score (nSPS) is 18.3. The molecule has 1 aliphatic carbocycles. The van der Waals surface area contributed by atoms with E-state index in [4.69, 9.17) is 11.6 Å². The van der Waals surface area contributed by atoms with E-state index in [1.807, 2.05) is 18.2 Å². The molecule has 1 heterocycles. The molecule has 0 atom stereocenters. The Morgan fingerprint density at radius 2 is 2.27 bits per heavy atom. The van der Waals surface area contributed by atoms with Gasteiger partial charge in [0.05, 0.1) is 11.1 Å². The van der Waals surface area contributed by atoms with Crippen molar-refractivity contribution in [3.63, 3.8) is 0 Å². The van der Waals surface area contributed by atoms with Gasteiger partial charge in [0.25, 0.3) is 0 Å². The van der Waals surface area contributed by atoms with Gasteiger partial charge in [-0.1, -0.05) is 23.7 Å². The van der Waals surface area contributed by atoms with Crippen molar-refractivity contribution in [3.8, 4) is 0 Å². The van der Waals surface area contributed by atoms with Crippen LogP contribution < -0.4 is 0 Å². The van der Waals surface area contributed by atoms with Crippen LogP contribution in [0.1, 0.15) is 18.4 Å². The number of halogens is 1. The van der Waals surface area contributed by atoms with Gasteiger partial charge < -0.3 is 5.11 Å². The van der Waals surface area contributed by atoms with E-state index in [1.54, 1.807) is 0 Å². The summed E-state index contributed by atoms with van der Waals surface area (Å²) in [5.74, 6) is 0. The molecule has 1 saturated carbocycles. The van der Waals surface area contributed by atoms with Crippen LogP contribution >= 0.6 is 11.6 Å². The molecule has 3 rings (SSSR count). The number of benzene rings is 1. The molecule has 1 aromatic carbocycles. The number of hydrogen-bond donors (Lipinski definition) is 2. The minimum Gasteiger partial charge on any atom is -0.390 e. The van der Waals surface area contributed by atoms with Crippen LogP contribution in [-0.2, 0) is 6.42 Å². The summed E-state index contributed by atoms with van der Waals surface area (Å²) in [4.78, 5) is 0. The largest absolute Gasteiger partial charge is 0.390 e. The third-order valence-electron chi connectivity index (χ3n) is 2.97. The SMILES string of the molecule is OC1(Cc2cccc3c(Cl)[nH]nc23)CC1. The van der Waals surface area contributed by atoms with Gasteiger partial charge in [-0.15, -0.1) is 0 Å². The summed E-state index contributed by atoms with van der Waals surface area (Å²) >= 11 is 5.95. The van der Waals surface area contributed by atoms with Gasteiger partial charge in [-0.2, -0.15) is 5.10 Å². The highest BCUT2D eigenvalue weighted by Crippen LogP contribution is 2.39. The van der Waals surface area contributed by atoms with Crippen LogP contribution in [0.5, 0.6) is 0 Å². The summed E-state index contributed by atoms with van der Waals surface area (Å²) in [7, 11) is 0. The molecule has 1 aromatic heterocycles. The first-order valence-corrected chi connectivity index (χ1v) is 5.40. The van der Waals surface area contributed by atoms with Gasteiger partial charge in [-0.25, -0.2) is 0 Å². The number of para-hydroxylation sites is 1. The second kappa shape index (κ2) is 2.97. The van der Waals surface area contributed by atoms with Crippen LogP contribution in [0.4, 0.5) is 0 Å². The monoisotopic (exact) mass is 222 g/mol. The van der Waals surface area contributed by atoms with E-state index in [0.717, 1.165) is 29.3 Å². The van der Waals surface area contributed by atoms with E-state index >= 15 is 0 Å². The number of nitrogens with zero attached hydrogens (tertiary/aromatic N) is 1. The molecule has 0 aliphatic heterocycles. The molecule has 2 aromatic rings. The van der Waals surface area contributed by atoms with Crippen LogP contribution in [0.15, 0.2) is 18.2 Å². The quantitative estimate of drug-likeness (QED) is 0.819. The minimum absolute atomic E-state index is 0.486. The Morgan fingerprint density at radius 3 is 3.00 bits per heavy atom. The molecule has 0 unspecified atom stereocenters. The molecule has 78 valence electrons. The highest BCUT2D eigenvalue weighted by molar-refractivity contribution is 6.34. The minimum atomic E-state index is -0.486. The van der Waals surface area contributed by atoms with Crippen molar-refractivity contribution < 1.29 is 5.11 Å². The Kier molecular flexibility index (Phi) is 1.82. The van der Waals surface area contributed by atoms with Gasteiger partial charge in [0, 0.05) is 11.8 Å². The number of rotatable bonds is 2. The first-order chi connectivity index (χ1) is 7.18. The molecule has 0 bridgehead atoms.